The van der Waals surface area contributed by atoms with Crippen molar-refractivity contribution in [2.24, 2.45) is 45.3 Å². The Kier molecular flexibility index (Phi) is 7.00. The quantitative estimate of drug-likeness (QED) is 0.407. The Hall–Kier alpha value is -0.680. The summed E-state index contributed by atoms with van der Waals surface area (Å²) in [5.41, 5.74) is 0.506. The van der Waals surface area contributed by atoms with Crippen LogP contribution in [0.4, 0.5) is 0 Å². The third-order valence-corrected chi connectivity index (χ3v) is 12.2. The van der Waals surface area contributed by atoms with Crippen LogP contribution in [0.3, 0.4) is 0 Å². The Morgan fingerprint density at radius 1 is 1.06 bits per heavy atom. The van der Waals surface area contributed by atoms with Crippen molar-refractivity contribution in [3.05, 3.63) is 23.8 Å². The van der Waals surface area contributed by atoms with E-state index in [0.717, 1.165) is 31.3 Å². The smallest absolute Gasteiger partial charge is 0.0802 e. The molecule has 0 aromatic carbocycles. The van der Waals surface area contributed by atoms with E-state index in [1.165, 1.54) is 19.3 Å². The van der Waals surface area contributed by atoms with Gasteiger partial charge in [-0.05, 0) is 92.8 Å². The number of aliphatic hydroxyl groups is 3. The number of rotatable bonds is 6. The topological polar surface area (TPSA) is 69.9 Å². The lowest BCUT2D eigenvalue weighted by Crippen LogP contribution is -2.63. The molecule has 4 heteroatoms. The van der Waals surface area contributed by atoms with Gasteiger partial charge in [0.15, 0.2) is 0 Å². The molecule has 0 aromatic heterocycles. The summed E-state index contributed by atoms with van der Waals surface area (Å²) in [5, 5.41) is 32.9. The largest absolute Gasteiger partial charge is 0.395 e. The van der Waals surface area contributed by atoms with Gasteiger partial charge >= 0.3 is 0 Å². The number of hydrogen-bond donors (Lipinski definition) is 3. The molecule has 3 saturated carbocycles. The standard InChI is InChI=1S/C31H52O4/c1-20(10-9-14-27(2,3)35-8)21-13-15-31(7)26-24(33)18-23-22(11-12-25(34)29(23,5)19-32)28(26,4)16-17-30(21,31)6/h9,14,18,20-22,24-26,32-34H,10-13,15-17,19H2,1-8H3/b14-9+/t20-,21-,22-,24+,25+,26-,28+,29-,30-,31+/m1/s1. The molecular weight excluding hydrogens is 436 g/mol. The highest BCUT2D eigenvalue weighted by Crippen LogP contribution is 2.74. The molecule has 10 atom stereocenters. The molecule has 0 heterocycles. The summed E-state index contributed by atoms with van der Waals surface area (Å²) in [6.07, 6.45) is 12.9. The predicted molar refractivity (Wildman–Crippen MR) is 142 cm³/mol. The summed E-state index contributed by atoms with van der Waals surface area (Å²) in [4.78, 5) is 0. The van der Waals surface area contributed by atoms with Crippen LogP contribution in [0, 0.1) is 45.3 Å². The van der Waals surface area contributed by atoms with Crippen LogP contribution >= 0.6 is 0 Å². The number of allylic oxidation sites excluding steroid dienone is 1. The second kappa shape index (κ2) is 8.96. The van der Waals surface area contributed by atoms with Crippen LogP contribution < -0.4 is 0 Å². The van der Waals surface area contributed by atoms with E-state index in [9.17, 15) is 15.3 Å². The molecule has 0 aromatic rings. The van der Waals surface area contributed by atoms with Crippen LogP contribution in [0.1, 0.15) is 93.4 Å². The summed E-state index contributed by atoms with van der Waals surface area (Å²) >= 11 is 0. The van der Waals surface area contributed by atoms with Crippen molar-refractivity contribution < 1.29 is 20.1 Å². The zero-order valence-electron chi connectivity index (χ0n) is 23.6. The lowest BCUT2D eigenvalue weighted by Gasteiger charge is -2.67. The van der Waals surface area contributed by atoms with Crippen LogP contribution in [0.2, 0.25) is 0 Å². The van der Waals surface area contributed by atoms with Gasteiger partial charge in [0, 0.05) is 18.4 Å². The van der Waals surface area contributed by atoms with Crippen LogP contribution in [0.15, 0.2) is 23.8 Å². The Labute approximate surface area is 214 Å². The van der Waals surface area contributed by atoms with Gasteiger partial charge in [-0.15, -0.1) is 0 Å². The van der Waals surface area contributed by atoms with Crippen molar-refractivity contribution in [3.63, 3.8) is 0 Å². The highest BCUT2D eigenvalue weighted by Gasteiger charge is 2.69. The van der Waals surface area contributed by atoms with E-state index in [1.807, 2.05) is 6.92 Å². The third kappa shape index (κ3) is 3.92. The molecule has 4 aliphatic carbocycles. The zero-order valence-corrected chi connectivity index (χ0v) is 23.6. The van der Waals surface area contributed by atoms with Crippen LogP contribution in [-0.2, 0) is 4.74 Å². The maximum atomic E-state index is 11.8. The molecule has 4 rings (SSSR count). The van der Waals surface area contributed by atoms with Gasteiger partial charge in [0.25, 0.3) is 0 Å². The van der Waals surface area contributed by atoms with Crippen molar-refractivity contribution in [1.29, 1.82) is 0 Å². The molecule has 4 aliphatic rings. The van der Waals surface area contributed by atoms with Crippen molar-refractivity contribution in [2.75, 3.05) is 13.7 Å². The maximum absolute atomic E-state index is 11.8. The highest BCUT2D eigenvalue weighted by molar-refractivity contribution is 5.33. The fourth-order valence-electron chi connectivity index (χ4n) is 9.60. The van der Waals surface area contributed by atoms with Gasteiger partial charge < -0.3 is 20.1 Å². The van der Waals surface area contributed by atoms with Gasteiger partial charge in [-0.1, -0.05) is 58.4 Å². The molecular formula is C31H52O4. The van der Waals surface area contributed by atoms with Gasteiger partial charge in [-0.2, -0.15) is 0 Å². The second-order valence-corrected chi connectivity index (χ2v) is 14.2. The van der Waals surface area contributed by atoms with Crippen LogP contribution in [-0.4, -0.2) is 46.8 Å². The predicted octanol–water partition coefficient (Wildman–Crippen LogP) is 5.90. The SMILES string of the molecule is COC(C)(C)/C=C/C[C@@H](C)[C@H]1CC[C@@]2(C)[C@@H]3[C@@H](O)C=C4[C@@H](CC[C@H](O)[C@]4(C)CO)[C@]3(C)CC[C@]12C. The van der Waals surface area contributed by atoms with E-state index < -0.39 is 17.6 Å². The number of hydrogen-bond acceptors (Lipinski definition) is 4. The average molecular weight is 489 g/mol. The number of fused-ring (bicyclic) bond motifs is 5. The van der Waals surface area contributed by atoms with Crippen LogP contribution in [0.25, 0.3) is 0 Å². The van der Waals surface area contributed by atoms with E-state index >= 15 is 0 Å². The first-order valence-electron chi connectivity index (χ1n) is 14.1. The first kappa shape index (κ1) is 27.4. The molecule has 0 aliphatic heterocycles. The minimum atomic E-state index is -0.644. The Balaban J connectivity index is 1.65. The molecule has 3 fully saturated rings. The van der Waals surface area contributed by atoms with Crippen LogP contribution in [0.5, 0.6) is 0 Å². The number of methoxy groups -OCH3 is 1. The van der Waals surface area contributed by atoms with Crippen molar-refractivity contribution >= 4 is 0 Å². The summed E-state index contributed by atoms with van der Waals surface area (Å²) in [6, 6.07) is 0. The number of aliphatic hydroxyl groups excluding tert-OH is 3. The lowest BCUT2D eigenvalue weighted by molar-refractivity contribution is -0.179. The summed E-state index contributed by atoms with van der Waals surface area (Å²) in [6.45, 7) is 16.0. The maximum Gasteiger partial charge on any atom is 0.0802 e. The Morgan fingerprint density at radius 3 is 2.37 bits per heavy atom. The first-order valence-corrected chi connectivity index (χ1v) is 14.1. The monoisotopic (exact) mass is 488 g/mol. The minimum Gasteiger partial charge on any atom is -0.395 e. The molecule has 0 amide bonds. The van der Waals surface area contributed by atoms with Gasteiger partial charge in [0.2, 0.25) is 0 Å². The normalized spacial score (nSPS) is 48.8. The molecule has 0 bridgehead atoms. The Morgan fingerprint density at radius 2 is 1.74 bits per heavy atom. The average Bonchev–Trinajstić information content (AvgIpc) is 3.07. The summed E-state index contributed by atoms with van der Waals surface area (Å²) in [5.74, 6) is 1.76. The van der Waals surface area contributed by atoms with E-state index in [4.69, 9.17) is 4.74 Å². The van der Waals surface area contributed by atoms with E-state index in [2.05, 4.69) is 59.8 Å². The Bertz CT molecular complexity index is 862. The summed E-state index contributed by atoms with van der Waals surface area (Å²) < 4.78 is 5.57. The molecule has 35 heavy (non-hydrogen) atoms. The van der Waals surface area contributed by atoms with Crippen molar-refractivity contribution in [1.82, 2.24) is 0 Å². The van der Waals surface area contributed by atoms with Crippen molar-refractivity contribution in [3.8, 4) is 0 Å². The molecule has 0 unspecified atom stereocenters. The first-order chi connectivity index (χ1) is 16.2. The van der Waals surface area contributed by atoms with E-state index in [0.29, 0.717) is 17.8 Å². The van der Waals surface area contributed by atoms with Gasteiger partial charge in [0.05, 0.1) is 24.4 Å². The van der Waals surface area contributed by atoms with Gasteiger partial charge in [-0.3, -0.25) is 0 Å². The van der Waals surface area contributed by atoms with Gasteiger partial charge in [0.1, 0.15) is 0 Å². The van der Waals surface area contributed by atoms with E-state index in [1.54, 1.807) is 7.11 Å². The third-order valence-electron chi connectivity index (χ3n) is 12.2. The fraction of sp³-hybridized carbons (Fsp3) is 0.871. The molecule has 3 N–H and O–H groups in total. The minimum absolute atomic E-state index is 0.00511. The lowest BCUT2D eigenvalue weighted by atomic mass is 9.38. The summed E-state index contributed by atoms with van der Waals surface area (Å²) in [7, 11) is 1.77. The zero-order chi connectivity index (χ0) is 26.0. The van der Waals surface area contributed by atoms with E-state index in [-0.39, 0.29) is 34.4 Å². The van der Waals surface area contributed by atoms with Crippen molar-refractivity contribution in [2.45, 2.75) is 111 Å². The molecule has 0 spiro atoms. The molecule has 0 saturated heterocycles. The second-order valence-electron chi connectivity index (χ2n) is 14.2. The molecule has 4 nitrogen and oxygen atoms in total. The molecule has 200 valence electrons. The highest BCUT2D eigenvalue weighted by atomic mass is 16.5. The fourth-order valence-corrected chi connectivity index (χ4v) is 9.60. The van der Waals surface area contributed by atoms with Gasteiger partial charge in [-0.25, -0.2) is 0 Å². The molecule has 0 radical (unpaired) electrons. The number of ether oxygens (including phenoxy) is 1.